The summed E-state index contributed by atoms with van der Waals surface area (Å²) in [6, 6.07) is 0.643. The predicted octanol–water partition coefficient (Wildman–Crippen LogP) is 2.00. The largest absolute Gasteiger partial charge is 0.351 e. The summed E-state index contributed by atoms with van der Waals surface area (Å²) >= 11 is 0. The van der Waals surface area contributed by atoms with Crippen LogP contribution in [0.15, 0.2) is 12.4 Å². The molecule has 1 aromatic heterocycles. The Hall–Kier alpha value is -1.12. The minimum Gasteiger partial charge on any atom is -0.351 e. The molecule has 2 aliphatic carbocycles. The van der Waals surface area contributed by atoms with Crippen molar-refractivity contribution < 1.29 is 0 Å². The average Bonchev–Trinajstić information content (AvgIpc) is 3.02. The molecule has 3 nitrogen and oxygen atoms in total. The van der Waals surface area contributed by atoms with E-state index in [4.69, 9.17) is 0 Å². The van der Waals surface area contributed by atoms with Crippen molar-refractivity contribution in [1.82, 2.24) is 9.97 Å². The van der Waals surface area contributed by atoms with E-state index in [0.717, 1.165) is 11.9 Å². The zero-order valence-electron chi connectivity index (χ0n) is 8.24. The molecule has 0 spiro atoms. The van der Waals surface area contributed by atoms with Crippen molar-refractivity contribution >= 4 is 5.95 Å². The number of anilines is 1. The first kappa shape index (κ1) is 8.21. The van der Waals surface area contributed by atoms with Crippen molar-refractivity contribution in [3.63, 3.8) is 0 Å². The van der Waals surface area contributed by atoms with E-state index < -0.39 is 0 Å². The lowest BCUT2D eigenvalue weighted by Gasteiger charge is -2.02. The van der Waals surface area contributed by atoms with Gasteiger partial charge in [0.25, 0.3) is 0 Å². The standard InChI is InChI=1S/C11H15N3/c1-2-8(1)5-9-6-12-11(13-7-9)14-10-3-4-10/h6-8,10H,1-5H2,(H,12,13,14). The quantitative estimate of drug-likeness (QED) is 0.787. The van der Waals surface area contributed by atoms with Crippen molar-refractivity contribution in [2.75, 3.05) is 5.32 Å². The van der Waals surface area contributed by atoms with E-state index in [1.165, 1.54) is 37.7 Å². The van der Waals surface area contributed by atoms with E-state index in [-0.39, 0.29) is 0 Å². The Morgan fingerprint density at radius 3 is 2.43 bits per heavy atom. The predicted molar refractivity (Wildman–Crippen MR) is 55.1 cm³/mol. The Morgan fingerprint density at radius 1 is 1.14 bits per heavy atom. The Labute approximate surface area is 84.0 Å². The molecule has 0 atom stereocenters. The molecule has 14 heavy (non-hydrogen) atoms. The van der Waals surface area contributed by atoms with Gasteiger partial charge in [-0.25, -0.2) is 9.97 Å². The molecular weight excluding hydrogens is 174 g/mol. The van der Waals surface area contributed by atoms with Gasteiger partial charge in [-0.1, -0.05) is 0 Å². The van der Waals surface area contributed by atoms with Gasteiger partial charge in [0.1, 0.15) is 0 Å². The molecule has 1 N–H and O–H groups in total. The topological polar surface area (TPSA) is 37.8 Å². The second-order valence-electron chi connectivity index (χ2n) is 4.48. The van der Waals surface area contributed by atoms with Gasteiger partial charge in [-0.05, 0) is 43.6 Å². The van der Waals surface area contributed by atoms with E-state index in [1.54, 1.807) is 0 Å². The lowest BCUT2D eigenvalue weighted by atomic mass is 10.2. The molecule has 74 valence electrons. The van der Waals surface area contributed by atoms with Crippen molar-refractivity contribution in [3.05, 3.63) is 18.0 Å². The van der Waals surface area contributed by atoms with Crippen LogP contribution in [-0.2, 0) is 6.42 Å². The van der Waals surface area contributed by atoms with Gasteiger partial charge in [0.2, 0.25) is 5.95 Å². The van der Waals surface area contributed by atoms with Crippen LogP contribution in [0, 0.1) is 5.92 Å². The molecule has 0 bridgehead atoms. The molecule has 0 amide bonds. The molecule has 0 radical (unpaired) electrons. The first-order valence-corrected chi connectivity index (χ1v) is 5.47. The third kappa shape index (κ3) is 2.03. The molecule has 0 aromatic carbocycles. The molecule has 0 saturated heterocycles. The molecule has 0 unspecified atom stereocenters. The van der Waals surface area contributed by atoms with Crippen molar-refractivity contribution in [2.45, 2.75) is 38.1 Å². The lowest BCUT2D eigenvalue weighted by Crippen LogP contribution is -2.05. The first-order chi connectivity index (χ1) is 6.90. The smallest absolute Gasteiger partial charge is 0.222 e. The Bertz CT molecular complexity index is 279. The molecule has 2 fully saturated rings. The molecule has 3 heteroatoms. The molecule has 1 heterocycles. The van der Waals surface area contributed by atoms with Gasteiger partial charge in [0.05, 0.1) is 0 Å². The minimum atomic E-state index is 0.643. The second-order valence-corrected chi connectivity index (χ2v) is 4.48. The third-order valence-electron chi connectivity index (χ3n) is 2.84. The zero-order valence-corrected chi connectivity index (χ0v) is 8.24. The van der Waals surface area contributed by atoms with Crippen molar-refractivity contribution in [2.24, 2.45) is 5.92 Å². The molecule has 0 aliphatic heterocycles. The second kappa shape index (κ2) is 3.23. The fourth-order valence-corrected chi connectivity index (χ4v) is 1.60. The molecule has 2 aliphatic rings. The summed E-state index contributed by atoms with van der Waals surface area (Å²) in [4.78, 5) is 8.63. The van der Waals surface area contributed by atoms with Crippen LogP contribution >= 0.6 is 0 Å². The molecule has 2 saturated carbocycles. The van der Waals surface area contributed by atoms with E-state index in [9.17, 15) is 0 Å². The number of aromatic nitrogens is 2. The number of hydrogen-bond acceptors (Lipinski definition) is 3. The van der Waals surface area contributed by atoms with Gasteiger partial charge in [-0.3, -0.25) is 0 Å². The molecule has 1 aromatic rings. The normalized spacial score (nSPS) is 20.9. The van der Waals surface area contributed by atoms with Crippen LogP contribution in [-0.4, -0.2) is 16.0 Å². The van der Waals surface area contributed by atoms with Crippen LogP contribution in [0.3, 0.4) is 0 Å². The highest BCUT2D eigenvalue weighted by molar-refractivity contribution is 5.28. The Morgan fingerprint density at radius 2 is 1.86 bits per heavy atom. The minimum absolute atomic E-state index is 0.643. The average molecular weight is 189 g/mol. The number of nitrogens with one attached hydrogen (secondary N) is 1. The van der Waals surface area contributed by atoms with Crippen LogP contribution in [0.5, 0.6) is 0 Å². The van der Waals surface area contributed by atoms with Crippen LogP contribution in [0.1, 0.15) is 31.2 Å². The fourth-order valence-electron chi connectivity index (χ4n) is 1.60. The maximum absolute atomic E-state index is 4.32. The van der Waals surface area contributed by atoms with Gasteiger partial charge < -0.3 is 5.32 Å². The fraction of sp³-hybridized carbons (Fsp3) is 0.636. The zero-order chi connectivity index (χ0) is 9.38. The van der Waals surface area contributed by atoms with Crippen LogP contribution in [0.4, 0.5) is 5.95 Å². The summed E-state index contributed by atoms with van der Waals surface area (Å²) < 4.78 is 0. The maximum Gasteiger partial charge on any atom is 0.222 e. The van der Waals surface area contributed by atoms with E-state index in [2.05, 4.69) is 15.3 Å². The number of hydrogen-bond donors (Lipinski definition) is 1. The first-order valence-electron chi connectivity index (χ1n) is 5.47. The van der Waals surface area contributed by atoms with Gasteiger partial charge in [-0.2, -0.15) is 0 Å². The molecular formula is C11H15N3. The van der Waals surface area contributed by atoms with Gasteiger partial charge in [0.15, 0.2) is 0 Å². The number of nitrogens with zero attached hydrogens (tertiary/aromatic N) is 2. The highest BCUT2D eigenvalue weighted by Gasteiger charge is 2.23. The summed E-state index contributed by atoms with van der Waals surface area (Å²) in [5.74, 6) is 1.72. The highest BCUT2D eigenvalue weighted by atomic mass is 15.1. The van der Waals surface area contributed by atoms with Crippen LogP contribution in [0.2, 0.25) is 0 Å². The van der Waals surface area contributed by atoms with E-state index in [1.807, 2.05) is 12.4 Å². The van der Waals surface area contributed by atoms with Crippen LogP contribution in [0.25, 0.3) is 0 Å². The maximum atomic E-state index is 4.32. The third-order valence-corrected chi connectivity index (χ3v) is 2.84. The summed E-state index contributed by atoms with van der Waals surface area (Å²) in [6.45, 7) is 0. The van der Waals surface area contributed by atoms with Gasteiger partial charge in [0, 0.05) is 18.4 Å². The van der Waals surface area contributed by atoms with E-state index in [0.29, 0.717) is 6.04 Å². The monoisotopic (exact) mass is 189 g/mol. The summed E-state index contributed by atoms with van der Waals surface area (Å²) in [6.07, 6.45) is 10.4. The van der Waals surface area contributed by atoms with Gasteiger partial charge in [-0.15, -0.1) is 0 Å². The SMILES string of the molecule is c1nc(NC2CC2)ncc1CC1CC1. The van der Waals surface area contributed by atoms with Gasteiger partial charge >= 0.3 is 0 Å². The summed E-state index contributed by atoms with van der Waals surface area (Å²) in [7, 11) is 0. The van der Waals surface area contributed by atoms with Crippen LogP contribution < -0.4 is 5.32 Å². The Kier molecular flexibility index (Phi) is 1.89. The Balaban J connectivity index is 1.62. The summed E-state index contributed by atoms with van der Waals surface area (Å²) in [5, 5.41) is 3.29. The van der Waals surface area contributed by atoms with Crippen molar-refractivity contribution in [1.29, 1.82) is 0 Å². The summed E-state index contributed by atoms with van der Waals surface area (Å²) in [5.41, 5.74) is 1.29. The highest BCUT2D eigenvalue weighted by Crippen LogP contribution is 2.32. The number of rotatable bonds is 4. The lowest BCUT2D eigenvalue weighted by molar-refractivity contribution is 0.819. The van der Waals surface area contributed by atoms with E-state index >= 15 is 0 Å². The van der Waals surface area contributed by atoms with Crippen molar-refractivity contribution in [3.8, 4) is 0 Å². The molecule has 3 rings (SSSR count).